The van der Waals surface area contributed by atoms with Crippen LogP contribution in [0, 0.1) is 0 Å². The van der Waals surface area contributed by atoms with Crippen molar-refractivity contribution in [2.75, 3.05) is 11.4 Å². The highest BCUT2D eigenvalue weighted by Crippen LogP contribution is 2.37. The number of carbonyl (C=O) groups excluding carboxylic acids is 3. The fourth-order valence-corrected chi connectivity index (χ4v) is 4.57. The minimum atomic E-state index is -0.665. The van der Waals surface area contributed by atoms with Crippen molar-refractivity contribution < 1.29 is 14.4 Å². The molecule has 1 aliphatic rings. The smallest absolute Gasteiger partial charge is 0.259 e. The molecule has 176 valence electrons. The highest BCUT2D eigenvalue weighted by atomic mass is 35.5. The van der Waals surface area contributed by atoms with E-state index < -0.39 is 6.04 Å². The van der Waals surface area contributed by atoms with E-state index in [1.54, 1.807) is 23.1 Å². The second-order valence-electron chi connectivity index (χ2n) is 8.81. The number of hydrogen-bond donors (Lipinski definition) is 1. The highest BCUT2D eigenvalue weighted by Gasteiger charge is 2.35. The van der Waals surface area contributed by atoms with Crippen molar-refractivity contribution in [2.24, 2.45) is 0 Å². The summed E-state index contributed by atoms with van der Waals surface area (Å²) in [6.07, 6.45) is 0.446. The van der Waals surface area contributed by atoms with Gasteiger partial charge in [-0.05, 0) is 55.5 Å². The van der Waals surface area contributed by atoms with Crippen molar-refractivity contribution >= 4 is 45.8 Å². The van der Waals surface area contributed by atoms with E-state index in [4.69, 9.17) is 11.6 Å². The lowest BCUT2D eigenvalue weighted by Gasteiger charge is -2.32. The van der Waals surface area contributed by atoms with Crippen LogP contribution in [0.2, 0.25) is 5.02 Å². The molecule has 1 aliphatic heterocycles. The molecule has 3 aromatic carbocycles. The zero-order valence-electron chi connectivity index (χ0n) is 19.5. The molecule has 0 radical (unpaired) electrons. The van der Waals surface area contributed by atoms with Crippen molar-refractivity contribution in [2.45, 2.75) is 45.8 Å². The summed E-state index contributed by atoms with van der Waals surface area (Å²) in [6.45, 7) is 5.74. The van der Waals surface area contributed by atoms with Gasteiger partial charge in [0, 0.05) is 28.6 Å². The van der Waals surface area contributed by atoms with Crippen LogP contribution in [0.15, 0.2) is 60.7 Å². The minimum Gasteiger partial charge on any atom is -0.352 e. The molecule has 6 nitrogen and oxygen atoms in total. The monoisotopic (exact) mass is 477 g/mol. The standard InChI is InChI=1S/C27H28ClN3O3/c1-4-22(26(33)29-17(2)3)30(15-18-11-13-20(28)14-12-18)24(32)16-31-23-10-6-8-19-7-5-9-21(25(19)23)27(31)34/h5-14,17,22H,4,15-16H2,1-3H3,(H,29,33)/t22-/m1/s1. The van der Waals surface area contributed by atoms with Gasteiger partial charge in [-0.25, -0.2) is 0 Å². The molecule has 0 fully saturated rings. The van der Waals surface area contributed by atoms with Crippen LogP contribution in [0.3, 0.4) is 0 Å². The number of amides is 3. The van der Waals surface area contributed by atoms with Gasteiger partial charge >= 0.3 is 0 Å². The van der Waals surface area contributed by atoms with Gasteiger partial charge in [-0.1, -0.05) is 54.9 Å². The highest BCUT2D eigenvalue weighted by molar-refractivity contribution is 6.30. The first kappa shape index (κ1) is 23.8. The van der Waals surface area contributed by atoms with Gasteiger partial charge in [0.15, 0.2) is 0 Å². The average Bonchev–Trinajstić information content (AvgIpc) is 3.07. The molecule has 0 saturated carbocycles. The van der Waals surface area contributed by atoms with Crippen molar-refractivity contribution in [3.05, 3.63) is 76.8 Å². The fraction of sp³-hybridized carbons (Fsp3) is 0.296. The summed E-state index contributed by atoms with van der Waals surface area (Å²) in [5.41, 5.74) is 2.17. The van der Waals surface area contributed by atoms with Crippen LogP contribution in [-0.2, 0) is 16.1 Å². The number of hydrogen-bond acceptors (Lipinski definition) is 3. The number of anilines is 1. The molecular weight excluding hydrogens is 450 g/mol. The quantitative estimate of drug-likeness (QED) is 0.507. The predicted octanol–water partition coefficient (Wildman–Crippen LogP) is 4.79. The van der Waals surface area contributed by atoms with Gasteiger partial charge in [-0.3, -0.25) is 19.3 Å². The third-order valence-corrected chi connectivity index (χ3v) is 6.28. The second kappa shape index (κ2) is 9.85. The molecule has 0 aromatic heterocycles. The number of halogens is 1. The molecule has 0 unspecified atom stereocenters. The summed E-state index contributed by atoms with van der Waals surface area (Å²) < 4.78 is 0. The molecule has 1 N–H and O–H groups in total. The van der Waals surface area contributed by atoms with Crippen molar-refractivity contribution in [3.8, 4) is 0 Å². The first-order valence-corrected chi connectivity index (χ1v) is 11.9. The Morgan fingerprint density at radius 2 is 1.71 bits per heavy atom. The maximum Gasteiger partial charge on any atom is 0.259 e. The molecular formula is C27H28ClN3O3. The van der Waals surface area contributed by atoms with Gasteiger partial charge in [0.05, 0.1) is 5.69 Å². The first-order chi connectivity index (χ1) is 16.3. The average molecular weight is 478 g/mol. The zero-order valence-corrected chi connectivity index (χ0v) is 20.3. The van der Waals surface area contributed by atoms with Crippen LogP contribution < -0.4 is 10.2 Å². The van der Waals surface area contributed by atoms with Gasteiger partial charge in [0.25, 0.3) is 5.91 Å². The molecule has 7 heteroatoms. The third kappa shape index (κ3) is 4.64. The Hall–Kier alpha value is -3.38. The van der Waals surface area contributed by atoms with E-state index in [-0.39, 0.29) is 36.9 Å². The molecule has 1 atom stereocenters. The van der Waals surface area contributed by atoms with Crippen LogP contribution in [0.25, 0.3) is 10.8 Å². The Labute approximate surface area is 204 Å². The van der Waals surface area contributed by atoms with E-state index in [0.717, 1.165) is 22.0 Å². The molecule has 34 heavy (non-hydrogen) atoms. The zero-order chi connectivity index (χ0) is 24.4. The molecule has 1 heterocycles. The summed E-state index contributed by atoms with van der Waals surface area (Å²) in [4.78, 5) is 43.0. The number of carbonyl (C=O) groups is 3. The summed E-state index contributed by atoms with van der Waals surface area (Å²) in [5, 5.41) is 5.33. The number of nitrogens with one attached hydrogen (secondary N) is 1. The van der Waals surface area contributed by atoms with Crippen LogP contribution >= 0.6 is 11.6 Å². The first-order valence-electron chi connectivity index (χ1n) is 11.5. The van der Waals surface area contributed by atoms with Gasteiger partial charge < -0.3 is 10.2 Å². The van der Waals surface area contributed by atoms with E-state index in [0.29, 0.717) is 17.0 Å². The molecule has 0 bridgehead atoms. The van der Waals surface area contributed by atoms with E-state index in [1.807, 2.05) is 63.2 Å². The van der Waals surface area contributed by atoms with Crippen LogP contribution in [0.4, 0.5) is 5.69 Å². The normalized spacial score (nSPS) is 13.4. The summed E-state index contributed by atoms with van der Waals surface area (Å²) in [7, 11) is 0. The van der Waals surface area contributed by atoms with Gasteiger partial charge in [-0.2, -0.15) is 0 Å². The topological polar surface area (TPSA) is 69.7 Å². The van der Waals surface area contributed by atoms with E-state index in [1.165, 1.54) is 4.90 Å². The Balaban J connectivity index is 1.65. The summed E-state index contributed by atoms with van der Waals surface area (Å²) in [5.74, 6) is -0.705. The van der Waals surface area contributed by atoms with Crippen molar-refractivity contribution in [3.63, 3.8) is 0 Å². The Morgan fingerprint density at radius 3 is 2.35 bits per heavy atom. The number of benzene rings is 3. The SMILES string of the molecule is CC[C@H](C(=O)NC(C)C)N(Cc1ccc(Cl)cc1)C(=O)CN1C(=O)c2cccc3cccc1c23. The number of nitrogens with zero attached hydrogens (tertiary/aromatic N) is 2. The maximum absolute atomic E-state index is 13.7. The minimum absolute atomic E-state index is 0.0544. The Morgan fingerprint density at radius 1 is 1.03 bits per heavy atom. The number of rotatable bonds is 8. The van der Waals surface area contributed by atoms with Crippen molar-refractivity contribution in [1.82, 2.24) is 10.2 Å². The largest absolute Gasteiger partial charge is 0.352 e. The van der Waals surface area contributed by atoms with Crippen LogP contribution in [0.5, 0.6) is 0 Å². The predicted molar refractivity (Wildman–Crippen MR) is 135 cm³/mol. The molecule has 0 aliphatic carbocycles. The Kier molecular flexibility index (Phi) is 6.89. The van der Waals surface area contributed by atoms with Crippen LogP contribution in [-0.4, -0.2) is 41.2 Å². The lowest BCUT2D eigenvalue weighted by molar-refractivity contribution is -0.140. The van der Waals surface area contributed by atoms with Crippen LogP contribution in [0.1, 0.15) is 43.1 Å². The maximum atomic E-state index is 13.7. The second-order valence-corrected chi connectivity index (χ2v) is 9.24. The lowest BCUT2D eigenvalue weighted by Crippen LogP contribution is -2.53. The summed E-state index contributed by atoms with van der Waals surface area (Å²) in [6, 6.07) is 17.8. The lowest BCUT2D eigenvalue weighted by atomic mass is 10.1. The van der Waals surface area contributed by atoms with Gasteiger partial charge in [0.2, 0.25) is 11.8 Å². The fourth-order valence-electron chi connectivity index (χ4n) is 4.45. The molecule has 3 amide bonds. The van der Waals surface area contributed by atoms with Crippen molar-refractivity contribution in [1.29, 1.82) is 0 Å². The Bertz CT molecular complexity index is 1230. The van der Waals surface area contributed by atoms with E-state index in [2.05, 4.69) is 5.32 Å². The molecule has 0 saturated heterocycles. The van der Waals surface area contributed by atoms with Gasteiger partial charge in [0.1, 0.15) is 12.6 Å². The third-order valence-electron chi connectivity index (χ3n) is 6.03. The molecule has 4 rings (SSSR count). The summed E-state index contributed by atoms with van der Waals surface area (Å²) >= 11 is 6.03. The molecule has 3 aromatic rings. The molecule has 0 spiro atoms. The van der Waals surface area contributed by atoms with Gasteiger partial charge in [-0.15, -0.1) is 0 Å². The van der Waals surface area contributed by atoms with E-state index in [9.17, 15) is 14.4 Å². The van der Waals surface area contributed by atoms with E-state index >= 15 is 0 Å².